The SMILES string of the molecule is Cc1cc(C(=O)NCC(C)C)ccc1NC(=O)C1CCN(C(=O)/C=C/c2ccccc2)CC1. The van der Waals surface area contributed by atoms with E-state index in [2.05, 4.69) is 10.6 Å². The minimum Gasteiger partial charge on any atom is -0.352 e. The van der Waals surface area contributed by atoms with E-state index in [-0.39, 0.29) is 23.6 Å². The number of anilines is 1. The summed E-state index contributed by atoms with van der Waals surface area (Å²) in [7, 11) is 0. The summed E-state index contributed by atoms with van der Waals surface area (Å²) in [6.07, 6.45) is 4.67. The monoisotopic (exact) mass is 447 g/mol. The lowest BCUT2D eigenvalue weighted by Crippen LogP contribution is -2.40. The van der Waals surface area contributed by atoms with Crippen LogP contribution in [0.5, 0.6) is 0 Å². The summed E-state index contributed by atoms with van der Waals surface area (Å²) in [4.78, 5) is 39.3. The van der Waals surface area contributed by atoms with Crippen molar-refractivity contribution in [3.63, 3.8) is 0 Å². The molecule has 6 nitrogen and oxygen atoms in total. The number of aryl methyl sites for hydroxylation is 1. The Morgan fingerprint density at radius 3 is 2.39 bits per heavy atom. The van der Waals surface area contributed by atoms with E-state index in [0.717, 1.165) is 11.1 Å². The Hall–Kier alpha value is -3.41. The third-order valence-corrected chi connectivity index (χ3v) is 5.81. The minimum absolute atomic E-state index is 0.0279. The van der Waals surface area contributed by atoms with E-state index in [1.807, 2.05) is 57.2 Å². The summed E-state index contributed by atoms with van der Waals surface area (Å²) in [5.74, 6) is 0.0701. The van der Waals surface area contributed by atoms with Crippen LogP contribution >= 0.6 is 0 Å². The van der Waals surface area contributed by atoms with Crippen molar-refractivity contribution >= 4 is 29.5 Å². The number of piperidine rings is 1. The molecular formula is C27H33N3O3. The molecule has 6 heteroatoms. The number of hydrogen-bond acceptors (Lipinski definition) is 3. The summed E-state index contributed by atoms with van der Waals surface area (Å²) in [5, 5.41) is 5.90. The van der Waals surface area contributed by atoms with Gasteiger partial charge in [-0.3, -0.25) is 14.4 Å². The molecule has 174 valence electrons. The Morgan fingerprint density at radius 2 is 1.76 bits per heavy atom. The number of likely N-dealkylation sites (tertiary alicyclic amines) is 1. The molecule has 0 aromatic heterocycles. The van der Waals surface area contributed by atoms with Crippen LogP contribution in [0, 0.1) is 18.8 Å². The average molecular weight is 448 g/mol. The lowest BCUT2D eigenvalue weighted by molar-refractivity contribution is -0.130. The van der Waals surface area contributed by atoms with Gasteiger partial charge in [-0.25, -0.2) is 0 Å². The second-order valence-electron chi connectivity index (χ2n) is 8.97. The Morgan fingerprint density at radius 1 is 1.06 bits per heavy atom. The topological polar surface area (TPSA) is 78.5 Å². The first-order valence-electron chi connectivity index (χ1n) is 11.5. The van der Waals surface area contributed by atoms with Crippen LogP contribution in [0.2, 0.25) is 0 Å². The fraction of sp³-hybridized carbons (Fsp3) is 0.370. The quantitative estimate of drug-likeness (QED) is 0.622. The maximum atomic E-state index is 12.8. The number of nitrogens with zero attached hydrogens (tertiary/aromatic N) is 1. The number of carbonyl (C=O) groups is 3. The van der Waals surface area contributed by atoms with Gasteiger partial charge in [-0.15, -0.1) is 0 Å². The van der Waals surface area contributed by atoms with Crippen LogP contribution < -0.4 is 10.6 Å². The molecule has 1 aliphatic heterocycles. The third kappa shape index (κ3) is 7.04. The first kappa shape index (κ1) is 24.2. The first-order chi connectivity index (χ1) is 15.8. The summed E-state index contributed by atoms with van der Waals surface area (Å²) >= 11 is 0. The fourth-order valence-corrected chi connectivity index (χ4v) is 3.78. The molecule has 0 atom stereocenters. The molecule has 0 aliphatic carbocycles. The molecule has 0 unspecified atom stereocenters. The van der Waals surface area contributed by atoms with Crippen LogP contribution in [0.1, 0.15) is 48.2 Å². The van der Waals surface area contributed by atoms with E-state index >= 15 is 0 Å². The molecule has 1 heterocycles. The van der Waals surface area contributed by atoms with Gasteiger partial charge in [0.15, 0.2) is 0 Å². The van der Waals surface area contributed by atoms with Crippen molar-refractivity contribution in [1.29, 1.82) is 0 Å². The maximum Gasteiger partial charge on any atom is 0.251 e. The first-order valence-corrected chi connectivity index (χ1v) is 11.5. The Balaban J connectivity index is 1.50. The standard InChI is InChI=1S/C27H33N3O3/c1-19(2)18-28-26(32)23-10-11-24(20(3)17-23)29-27(33)22-13-15-30(16-14-22)25(31)12-9-21-7-5-4-6-8-21/h4-12,17,19,22H,13-16,18H2,1-3H3,(H,28,32)(H,29,33)/b12-9+. The highest BCUT2D eigenvalue weighted by Gasteiger charge is 2.27. The zero-order chi connectivity index (χ0) is 23.8. The second kappa shape index (κ2) is 11.5. The lowest BCUT2D eigenvalue weighted by Gasteiger charge is -2.30. The normalized spacial score (nSPS) is 14.5. The summed E-state index contributed by atoms with van der Waals surface area (Å²) in [6, 6.07) is 15.0. The molecule has 0 spiro atoms. The van der Waals surface area contributed by atoms with Crippen LogP contribution in [0.15, 0.2) is 54.6 Å². The number of amides is 3. The van der Waals surface area contributed by atoms with Crippen LogP contribution in [0.25, 0.3) is 6.08 Å². The van der Waals surface area contributed by atoms with Crippen molar-refractivity contribution in [3.05, 3.63) is 71.3 Å². The summed E-state index contributed by atoms with van der Waals surface area (Å²) in [6.45, 7) is 7.72. The predicted molar refractivity (Wildman–Crippen MR) is 132 cm³/mol. The smallest absolute Gasteiger partial charge is 0.251 e. The van der Waals surface area contributed by atoms with Gasteiger partial charge in [-0.1, -0.05) is 44.2 Å². The highest BCUT2D eigenvalue weighted by Crippen LogP contribution is 2.22. The zero-order valence-corrected chi connectivity index (χ0v) is 19.6. The number of carbonyl (C=O) groups excluding carboxylic acids is 3. The Kier molecular flexibility index (Phi) is 8.41. The van der Waals surface area contributed by atoms with E-state index in [0.29, 0.717) is 49.6 Å². The van der Waals surface area contributed by atoms with Crippen LogP contribution in [0.3, 0.4) is 0 Å². The van der Waals surface area contributed by atoms with Crippen molar-refractivity contribution in [3.8, 4) is 0 Å². The highest BCUT2D eigenvalue weighted by molar-refractivity contribution is 5.97. The predicted octanol–water partition coefficient (Wildman–Crippen LogP) is 4.27. The number of benzene rings is 2. The average Bonchev–Trinajstić information content (AvgIpc) is 2.83. The van der Waals surface area contributed by atoms with Crippen molar-refractivity contribution in [2.75, 3.05) is 25.0 Å². The zero-order valence-electron chi connectivity index (χ0n) is 19.6. The van der Waals surface area contributed by atoms with Crippen molar-refractivity contribution in [2.24, 2.45) is 11.8 Å². The number of rotatable bonds is 7. The molecule has 33 heavy (non-hydrogen) atoms. The maximum absolute atomic E-state index is 12.8. The number of hydrogen-bond donors (Lipinski definition) is 2. The number of nitrogens with one attached hydrogen (secondary N) is 2. The van der Waals surface area contributed by atoms with Gasteiger partial charge in [-0.2, -0.15) is 0 Å². The molecule has 0 bridgehead atoms. The van der Waals surface area contributed by atoms with Crippen LogP contribution in [-0.2, 0) is 9.59 Å². The van der Waals surface area contributed by atoms with E-state index in [1.165, 1.54) is 0 Å². The molecular weight excluding hydrogens is 414 g/mol. The fourth-order valence-electron chi connectivity index (χ4n) is 3.78. The molecule has 1 fully saturated rings. The Labute approximate surface area is 196 Å². The van der Waals surface area contributed by atoms with Crippen LogP contribution in [-0.4, -0.2) is 42.3 Å². The van der Waals surface area contributed by atoms with Gasteiger partial charge in [0.2, 0.25) is 11.8 Å². The Bertz CT molecular complexity index is 1010. The third-order valence-electron chi connectivity index (χ3n) is 5.81. The summed E-state index contributed by atoms with van der Waals surface area (Å²) in [5.41, 5.74) is 3.13. The van der Waals surface area contributed by atoms with Gasteiger partial charge in [0.05, 0.1) is 0 Å². The molecule has 2 N–H and O–H groups in total. The van der Waals surface area contributed by atoms with E-state index in [9.17, 15) is 14.4 Å². The van der Waals surface area contributed by atoms with E-state index < -0.39 is 0 Å². The van der Waals surface area contributed by atoms with Crippen molar-refractivity contribution < 1.29 is 14.4 Å². The second-order valence-corrected chi connectivity index (χ2v) is 8.97. The van der Waals surface area contributed by atoms with Crippen molar-refractivity contribution in [1.82, 2.24) is 10.2 Å². The molecule has 3 rings (SSSR count). The lowest BCUT2D eigenvalue weighted by atomic mass is 9.95. The largest absolute Gasteiger partial charge is 0.352 e. The molecule has 0 saturated carbocycles. The van der Waals surface area contributed by atoms with E-state index in [1.54, 1.807) is 29.2 Å². The van der Waals surface area contributed by atoms with Gasteiger partial charge < -0.3 is 15.5 Å². The van der Waals surface area contributed by atoms with Gasteiger partial charge in [-0.05, 0) is 61.1 Å². The van der Waals surface area contributed by atoms with Gasteiger partial charge in [0.1, 0.15) is 0 Å². The minimum atomic E-state index is -0.138. The summed E-state index contributed by atoms with van der Waals surface area (Å²) < 4.78 is 0. The van der Waals surface area contributed by atoms with Crippen molar-refractivity contribution in [2.45, 2.75) is 33.6 Å². The molecule has 2 aromatic rings. The molecule has 0 radical (unpaired) electrons. The molecule has 3 amide bonds. The van der Waals surface area contributed by atoms with Gasteiger partial charge in [0, 0.05) is 42.9 Å². The van der Waals surface area contributed by atoms with E-state index in [4.69, 9.17) is 0 Å². The van der Waals surface area contributed by atoms with Crippen LogP contribution in [0.4, 0.5) is 5.69 Å². The van der Waals surface area contributed by atoms with Gasteiger partial charge in [0.25, 0.3) is 5.91 Å². The molecule has 1 aliphatic rings. The molecule has 1 saturated heterocycles. The molecule has 2 aromatic carbocycles. The highest BCUT2D eigenvalue weighted by atomic mass is 16.2. The van der Waals surface area contributed by atoms with Gasteiger partial charge >= 0.3 is 0 Å².